The Labute approximate surface area is 114 Å². The van der Waals surface area contributed by atoms with Crippen molar-refractivity contribution in [1.29, 1.82) is 0 Å². The number of nitrogens with zero attached hydrogens (tertiary/aromatic N) is 1. The Morgan fingerprint density at radius 3 is 2.82 bits per heavy atom. The van der Waals surface area contributed by atoms with Gasteiger partial charge in [0.25, 0.3) is 0 Å². The van der Waals surface area contributed by atoms with Gasteiger partial charge in [-0.2, -0.15) is 0 Å². The second-order valence-electron chi connectivity index (χ2n) is 5.68. The van der Waals surface area contributed by atoms with Gasteiger partial charge in [0.2, 0.25) is 0 Å². The van der Waals surface area contributed by atoms with Crippen LogP contribution in [0.15, 0.2) is 5.38 Å². The minimum Gasteiger partial charge on any atom is -0.247 e. The van der Waals surface area contributed by atoms with Crippen LogP contribution < -0.4 is 0 Å². The first kappa shape index (κ1) is 13.4. The Kier molecular flexibility index (Phi) is 4.48. The number of alkyl halides is 1. The molecule has 0 N–H and O–H groups in total. The van der Waals surface area contributed by atoms with Gasteiger partial charge in [-0.05, 0) is 43.9 Å². The lowest BCUT2D eigenvalue weighted by molar-refractivity contribution is 0.218. The topological polar surface area (TPSA) is 12.9 Å². The third-order valence-electron chi connectivity index (χ3n) is 3.98. The van der Waals surface area contributed by atoms with Gasteiger partial charge in [-0.15, -0.1) is 22.9 Å². The summed E-state index contributed by atoms with van der Waals surface area (Å²) in [6.07, 6.45) is 4.85. The maximum atomic E-state index is 6.49. The van der Waals surface area contributed by atoms with Crippen molar-refractivity contribution in [3.8, 4) is 0 Å². The Bertz CT molecular complexity index is 361. The number of thiazole rings is 1. The van der Waals surface area contributed by atoms with Crippen LogP contribution in [-0.4, -0.2) is 10.4 Å². The molecule has 0 saturated heterocycles. The van der Waals surface area contributed by atoms with Gasteiger partial charge in [-0.1, -0.05) is 13.8 Å². The van der Waals surface area contributed by atoms with Crippen LogP contribution in [0.1, 0.15) is 43.8 Å². The summed E-state index contributed by atoms with van der Waals surface area (Å²) in [6, 6.07) is 0. The minimum atomic E-state index is 0.356. The zero-order valence-corrected chi connectivity index (χ0v) is 12.5. The van der Waals surface area contributed by atoms with Gasteiger partial charge in [0.1, 0.15) is 0 Å². The first-order valence-corrected chi connectivity index (χ1v) is 7.93. The molecule has 1 fully saturated rings. The molecule has 0 aromatic carbocycles. The van der Waals surface area contributed by atoms with E-state index in [4.69, 9.17) is 11.6 Å². The number of hydrogen-bond donors (Lipinski definition) is 0. The third kappa shape index (κ3) is 3.45. The summed E-state index contributed by atoms with van der Waals surface area (Å²) >= 11 is 8.27. The van der Waals surface area contributed by atoms with Crippen molar-refractivity contribution in [1.82, 2.24) is 4.98 Å². The molecule has 3 unspecified atom stereocenters. The molecular weight excluding hydrogens is 250 g/mol. The van der Waals surface area contributed by atoms with E-state index < -0.39 is 0 Å². The van der Waals surface area contributed by atoms with Crippen molar-refractivity contribution in [2.45, 2.75) is 51.8 Å². The summed E-state index contributed by atoms with van der Waals surface area (Å²) in [7, 11) is 0. The van der Waals surface area contributed by atoms with Gasteiger partial charge >= 0.3 is 0 Å². The second kappa shape index (κ2) is 5.71. The summed E-state index contributed by atoms with van der Waals surface area (Å²) in [5, 5.41) is 3.76. The zero-order chi connectivity index (χ0) is 12.4. The molecule has 96 valence electrons. The van der Waals surface area contributed by atoms with Crippen molar-refractivity contribution in [2.75, 3.05) is 0 Å². The standard InChI is InChI=1S/C14H22ClNS/c1-9(2)11-4-5-13(15)12(6-11)7-14-16-10(3)8-17-14/h8-9,11-13H,4-7H2,1-3H3. The van der Waals surface area contributed by atoms with E-state index in [0.717, 1.165) is 24.0 Å². The average Bonchev–Trinajstić information content (AvgIpc) is 2.67. The van der Waals surface area contributed by atoms with E-state index in [1.165, 1.54) is 24.3 Å². The first-order valence-electron chi connectivity index (χ1n) is 6.61. The van der Waals surface area contributed by atoms with E-state index in [1.54, 1.807) is 11.3 Å². The smallest absolute Gasteiger partial charge is 0.0931 e. The van der Waals surface area contributed by atoms with Crippen molar-refractivity contribution in [2.24, 2.45) is 17.8 Å². The molecule has 1 aromatic rings. The molecule has 1 aliphatic carbocycles. The maximum absolute atomic E-state index is 6.49. The average molecular weight is 272 g/mol. The van der Waals surface area contributed by atoms with E-state index in [0.29, 0.717) is 11.3 Å². The molecule has 1 saturated carbocycles. The summed E-state index contributed by atoms with van der Waals surface area (Å²) in [5.74, 6) is 2.28. The van der Waals surface area contributed by atoms with Crippen molar-refractivity contribution in [3.05, 3.63) is 16.1 Å². The van der Waals surface area contributed by atoms with Gasteiger partial charge in [-0.25, -0.2) is 4.98 Å². The maximum Gasteiger partial charge on any atom is 0.0931 e. The second-order valence-corrected chi connectivity index (χ2v) is 7.18. The van der Waals surface area contributed by atoms with Gasteiger partial charge in [0.05, 0.1) is 5.01 Å². The SMILES string of the molecule is Cc1csc(CC2CC(C(C)C)CCC2Cl)n1. The summed E-state index contributed by atoms with van der Waals surface area (Å²) in [4.78, 5) is 4.57. The largest absolute Gasteiger partial charge is 0.247 e. The van der Waals surface area contributed by atoms with E-state index in [9.17, 15) is 0 Å². The van der Waals surface area contributed by atoms with E-state index in [-0.39, 0.29) is 0 Å². The number of aromatic nitrogens is 1. The molecule has 2 rings (SSSR count). The first-order chi connectivity index (χ1) is 8.06. The Hall–Kier alpha value is -0.0800. The fraction of sp³-hybridized carbons (Fsp3) is 0.786. The summed E-state index contributed by atoms with van der Waals surface area (Å²) < 4.78 is 0. The normalized spacial score (nSPS) is 29.8. The monoisotopic (exact) mass is 271 g/mol. The molecule has 0 radical (unpaired) electrons. The lowest BCUT2D eigenvalue weighted by Crippen LogP contribution is -2.29. The predicted molar refractivity (Wildman–Crippen MR) is 75.9 cm³/mol. The molecule has 3 atom stereocenters. The summed E-state index contributed by atoms with van der Waals surface area (Å²) in [6.45, 7) is 6.74. The molecule has 0 bridgehead atoms. The predicted octanol–water partition coefficient (Wildman–Crippen LogP) is 4.67. The Morgan fingerprint density at radius 2 is 2.24 bits per heavy atom. The van der Waals surface area contributed by atoms with E-state index >= 15 is 0 Å². The molecular formula is C14H22ClNS. The van der Waals surface area contributed by atoms with Gasteiger partial charge in [-0.3, -0.25) is 0 Å². The fourth-order valence-electron chi connectivity index (χ4n) is 2.80. The molecule has 0 amide bonds. The number of aryl methyl sites for hydroxylation is 1. The van der Waals surface area contributed by atoms with Gasteiger partial charge in [0, 0.05) is 22.9 Å². The van der Waals surface area contributed by atoms with Gasteiger partial charge in [0.15, 0.2) is 0 Å². The molecule has 1 aromatic heterocycles. The van der Waals surface area contributed by atoms with Crippen LogP contribution in [-0.2, 0) is 6.42 Å². The molecule has 0 spiro atoms. The van der Waals surface area contributed by atoms with Crippen LogP contribution >= 0.6 is 22.9 Å². The lowest BCUT2D eigenvalue weighted by atomic mass is 9.75. The highest BCUT2D eigenvalue weighted by Crippen LogP contribution is 2.38. The molecule has 17 heavy (non-hydrogen) atoms. The number of halogens is 1. The third-order valence-corrected chi connectivity index (χ3v) is 5.54. The van der Waals surface area contributed by atoms with Crippen LogP contribution in [0.5, 0.6) is 0 Å². The van der Waals surface area contributed by atoms with Crippen molar-refractivity contribution in [3.63, 3.8) is 0 Å². The number of hydrogen-bond acceptors (Lipinski definition) is 2. The molecule has 0 aliphatic heterocycles. The Balaban J connectivity index is 1.98. The van der Waals surface area contributed by atoms with Crippen LogP contribution in [0.2, 0.25) is 0 Å². The van der Waals surface area contributed by atoms with Crippen molar-refractivity contribution < 1.29 is 0 Å². The molecule has 1 nitrogen and oxygen atoms in total. The fourth-order valence-corrected chi connectivity index (χ4v) is 3.99. The van der Waals surface area contributed by atoms with E-state index in [2.05, 4.69) is 31.1 Å². The van der Waals surface area contributed by atoms with Crippen LogP contribution in [0.4, 0.5) is 0 Å². The van der Waals surface area contributed by atoms with Crippen LogP contribution in [0, 0.1) is 24.7 Å². The molecule has 1 aliphatic rings. The van der Waals surface area contributed by atoms with E-state index in [1.807, 2.05) is 0 Å². The highest BCUT2D eigenvalue weighted by molar-refractivity contribution is 7.09. The van der Waals surface area contributed by atoms with Crippen molar-refractivity contribution >= 4 is 22.9 Å². The molecule has 3 heteroatoms. The van der Waals surface area contributed by atoms with Crippen LogP contribution in [0.25, 0.3) is 0 Å². The molecule has 1 heterocycles. The number of rotatable bonds is 3. The lowest BCUT2D eigenvalue weighted by Gasteiger charge is -2.34. The van der Waals surface area contributed by atoms with Crippen LogP contribution in [0.3, 0.4) is 0 Å². The highest BCUT2D eigenvalue weighted by atomic mass is 35.5. The summed E-state index contributed by atoms with van der Waals surface area (Å²) in [5.41, 5.74) is 1.15. The quantitative estimate of drug-likeness (QED) is 0.728. The minimum absolute atomic E-state index is 0.356. The zero-order valence-electron chi connectivity index (χ0n) is 10.9. The Morgan fingerprint density at radius 1 is 1.47 bits per heavy atom. The highest BCUT2D eigenvalue weighted by Gasteiger charge is 2.31. The van der Waals surface area contributed by atoms with Gasteiger partial charge < -0.3 is 0 Å².